The Morgan fingerprint density at radius 1 is 1.11 bits per heavy atom. The summed E-state index contributed by atoms with van der Waals surface area (Å²) in [6.07, 6.45) is 4.07. The quantitative estimate of drug-likeness (QED) is 0.619. The number of piperidine rings is 1. The second kappa shape index (κ2) is 11.3. The number of nitrogen functional groups attached to an aromatic ring is 1. The zero-order valence-electron chi connectivity index (χ0n) is 22.1. The second-order valence-electron chi connectivity index (χ2n) is 10.2. The van der Waals surface area contributed by atoms with Gasteiger partial charge in [-0.05, 0) is 67.5 Å². The third-order valence-corrected chi connectivity index (χ3v) is 7.68. The minimum atomic E-state index is -0.634. The molecule has 2 aliphatic rings. The normalized spacial score (nSPS) is 20.9. The van der Waals surface area contributed by atoms with Gasteiger partial charge in [0, 0.05) is 38.4 Å². The van der Waals surface area contributed by atoms with Gasteiger partial charge in [0.15, 0.2) is 0 Å². The van der Waals surface area contributed by atoms with Crippen molar-refractivity contribution in [1.29, 1.82) is 0 Å². The largest absolute Gasteiger partial charge is 0.383 e. The number of benzene rings is 1. The van der Waals surface area contributed by atoms with Gasteiger partial charge in [0.25, 0.3) is 0 Å². The lowest BCUT2D eigenvalue weighted by Gasteiger charge is -2.39. The van der Waals surface area contributed by atoms with E-state index in [1.807, 2.05) is 6.92 Å². The Kier molecular flexibility index (Phi) is 8.14. The summed E-state index contributed by atoms with van der Waals surface area (Å²) in [5.41, 5.74) is 10.8. The van der Waals surface area contributed by atoms with Crippen molar-refractivity contribution in [1.82, 2.24) is 14.8 Å². The predicted octanol–water partition coefficient (Wildman–Crippen LogP) is 3.61. The van der Waals surface area contributed by atoms with Crippen LogP contribution in [0.1, 0.15) is 56.3 Å². The standard InChI is InChI=1S/C28H40N6O2/c1-5-21-16-23(17-30-26(21)29)31-27(35)28(36)34-18-19(3)7-9-25(34)22-8-10-24(20(4)15-22)33-13-11-32(6-2)12-14-33/h8,10,15-17,19,25H,5-7,9,11-14,18H2,1-4H3,(H2,29,30)(H,31,35)/t19-,25?/m0/s1. The average molecular weight is 493 g/mol. The molecule has 0 spiro atoms. The predicted molar refractivity (Wildman–Crippen MR) is 145 cm³/mol. The number of likely N-dealkylation sites (N-methyl/N-ethyl adjacent to an activating group) is 1. The highest BCUT2D eigenvalue weighted by atomic mass is 16.2. The zero-order chi connectivity index (χ0) is 25.8. The number of likely N-dealkylation sites (tertiary alicyclic amines) is 1. The second-order valence-corrected chi connectivity index (χ2v) is 10.2. The molecule has 1 unspecified atom stereocenters. The molecule has 0 saturated carbocycles. The summed E-state index contributed by atoms with van der Waals surface area (Å²) in [5, 5.41) is 2.74. The van der Waals surface area contributed by atoms with Crippen molar-refractivity contribution in [2.24, 2.45) is 5.92 Å². The van der Waals surface area contributed by atoms with Crippen molar-refractivity contribution >= 4 is 29.0 Å². The van der Waals surface area contributed by atoms with Crippen molar-refractivity contribution in [2.45, 2.75) is 53.0 Å². The van der Waals surface area contributed by atoms with Crippen molar-refractivity contribution in [3.8, 4) is 0 Å². The SMILES string of the molecule is CCc1cc(NC(=O)C(=O)N2C[C@@H](C)CCC2c2ccc(N3CCN(CC)CC3)c(C)c2)cnc1N. The number of nitrogens with one attached hydrogen (secondary N) is 1. The Labute approximate surface area is 214 Å². The van der Waals surface area contributed by atoms with Gasteiger partial charge in [-0.1, -0.05) is 32.9 Å². The Hall–Kier alpha value is -3.13. The topological polar surface area (TPSA) is 94.8 Å². The molecule has 4 rings (SSSR count). The van der Waals surface area contributed by atoms with E-state index in [0.717, 1.165) is 56.7 Å². The minimum absolute atomic E-state index is 0.111. The van der Waals surface area contributed by atoms with Crippen LogP contribution >= 0.6 is 0 Å². The van der Waals surface area contributed by atoms with Gasteiger partial charge >= 0.3 is 11.8 Å². The van der Waals surface area contributed by atoms with Crippen molar-refractivity contribution in [2.75, 3.05) is 55.2 Å². The molecule has 3 heterocycles. The third kappa shape index (κ3) is 5.64. The van der Waals surface area contributed by atoms with Crippen LogP contribution in [-0.4, -0.2) is 65.9 Å². The molecule has 0 radical (unpaired) electrons. The number of hydrogen-bond acceptors (Lipinski definition) is 6. The van der Waals surface area contributed by atoms with E-state index in [2.05, 4.69) is 59.1 Å². The van der Waals surface area contributed by atoms with E-state index in [1.54, 1.807) is 11.0 Å². The Morgan fingerprint density at radius 2 is 1.86 bits per heavy atom. The number of aryl methyl sites for hydroxylation is 2. The van der Waals surface area contributed by atoms with Crippen LogP contribution in [0.25, 0.3) is 0 Å². The molecule has 194 valence electrons. The van der Waals surface area contributed by atoms with Gasteiger partial charge < -0.3 is 25.8 Å². The van der Waals surface area contributed by atoms with Crippen LogP contribution in [0.15, 0.2) is 30.5 Å². The average Bonchev–Trinajstić information content (AvgIpc) is 2.89. The fourth-order valence-corrected chi connectivity index (χ4v) is 5.46. The van der Waals surface area contributed by atoms with E-state index in [-0.39, 0.29) is 6.04 Å². The highest BCUT2D eigenvalue weighted by Gasteiger charge is 2.34. The summed E-state index contributed by atoms with van der Waals surface area (Å²) in [7, 11) is 0. The summed E-state index contributed by atoms with van der Waals surface area (Å²) in [6, 6.07) is 8.22. The van der Waals surface area contributed by atoms with E-state index in [1.165, 1.54) is 17.4 Å². The molecular weight excluding hydrogens is 452 g/mol. The first kappa shape index (κ1) is 25.9. The van der Waals surface area contributed by atoms with Crippen molar-refractivity contribution in [3.63, 3.8) is 0 Å². The zero-order valence-corrected chi connectivity index (χ0v) is 22.1. The van der Waals surface area contributed by atoms with Crippen LogP contribution in [-0.2, 0) is 16.0 Å². The van der Waals surface area contributed by atoms with Gasteiger partial charge in [0.05, 0.1) is 17.9 Å². The molecule has 1 aromatic carbocycles. The Bertz CT molecular complexity index is 1100. The summed E-state index contributed by atoms with van der Waals surface area (Å²) in [4.78, 5) is 37.2. The van der Waals surface area contributed by atoms with E-state index >= 15 is 0 Å². The van der Waals surface area contributed by atoms with Crippen LogP contribution < -0.4 is 16.0 Å². The molecular formula is C28H40N6O2. The molecule has 2 amide bonds. The first-order chi connectivity index (χ1) is 17.3. The number of amides is 2. The van der Waals surface area contributed by atoms with E-state index in [0.29, 0.717) is 30.4 Å². The first-order valence-electron chi connectivity index (χ1n) is 13.2. The Balaban J connectivity index is 1.50. The monoisotopic (exact) mass is 492 g/mol. The molecule has 0 aliphatic carbocycles. The smallest absolute Gasteiger partial charge is 0.313 e. The van der Waals surface area contributed by atoms with E-state index < -0.39 is 11.8 Å². The van der Waals surface area contributed by atoms with E-state index in [9.17, 15) is 9.59 Å². The summed E-state index contributed by atoms with van der Waals surface area (Å²) in [5.74, 6) is -0.348. The maximum Gasteiger partial charge on any atom is 0.313 e. The molecule has 8 heteroatoms. The summed E-state index contributed by atoms with van der Waals surface area (Å²) < 4.78 is 0. The molecule has 1 aromatic heterocycles. The fourth-order valence-electron chi connectivity index (χ4n) is 5.46. The van der Waals surface area contributed by atoms with Gasteiger partial charge in [0.2, 0.25) is 0 Å². The number of anilines is 3. The van der Waals surface area contributed by atoms with Gasteiger partial charge in [-0.2, -0.15) is 0 Å². The number of nitrogens with two attached hydrogens (primary N) is 1. The van der Waals surface area contributed by atoms with Gasteiger partial charge in [0.1, 0.15) is 5.82 Å². The molecule has 0 bridgehead atoms. The first-order valence-corrected chi connectivity index (χ1v) is 13.2. The molecule has 8 nitrogen and oxygen atoms in total. The lowest BCUT2D eigenvalue weighted by molar-refractivity contribution is -0.146. The molecule has 3 N–H and O–H groups in total. The van der Waals surface area contributed by atoms with Crippen molar-refractivity contribution < 1.29 is 9.59 Å². The number of nitrogens with zero attached hydrogens (tertiary/aromatic N) is 4. The number of carbonyl (C=O) groups excluding carboxylic acids is 2. The third-order valence-electron chi connectivity index (χ3n) is 7.68. The number of carbonyl (C=O) groups is 2. The molecule has 2 aromatic rings. The van der Waals surface area contributed by atoms with Crippen LogP contribution in [0.4, 0.5) is 17.2 Å². The van der Waals surface area contributed by atoms with Crippen LogP contribution in [0, 0.1) is 12.8 Å². The van der Waals surface area contributed by atoms with Crippen LogP contribution in [0.2, 0.25) is 0 Å². The maximum atomic E-state index is 13.4. The number of piperazine rings is 1. The molecule has 2 fully saturated rings. The van der Waals surface area contributed by atoms with Crippen LogP contribution in [0.3, 0.4) is 0 Å². The van der Waals surface area contributed by atoms with Crippen LogP contribution in [0.5, 0.6) is 0 Å². The lowest BCUT2D eigenvalue weighted by Crippen LogP contribution is -2.47. The highest BCUT2D eigenvalue weighted by molar-refractivity contribution is 6.39. The summed E-state index contributed by atoms with van der Waals surface area (Å²) >= 11 is 0. The molecule has 2 atom stereocenters. The molecule has 2 aliphatic heterocycles. The lowest BCUT2D eigenvalue weighted by atomic mass is 9.89. The number of hydrogen-bond donors (Lipinski definition) is 2. The molecule has 2 saturated heterocycles. The van der Waals surface area contributed by atoms with Gasteiger partial charge in [-0.15, -0.1) is 0 Å². The summed E-state index contributed by atoms with van der Waals surface area (Å²) in [6.45, 7) is 14.3. The number of rotatable bonds is 5. The van der Waals surface area contributed by atoms with Crippen molar-refractivity contribution in [3.05, 3.63) is 47.2 Å². The minimum Gasteiger partial charge on any atom is -0.383 e. The number of aromatic nitrogens is 1. The van der Waals surface area contributed by atoms with Gasteiger partial charge in [-0.25, -0.2) is 4.98 Å². The Morgan fingerprint density at radius 3 is 2.53 bits per heavy atom. The number of pyridine rings is 1. The van der Waals surface area contributed by atoms with Gasteiger partial charge in [-0.3, -0.25) is 9.59 Å². The highest BCUT2D eigenvalue weighted by Crippen LogP contribution is 2.35. The maximum absolute atomic E-state index is 13.4. The fraction of sp³-hybridized carbons (Fsp3) is 0.536. The van der Waals surface area contributed by atoms with E-state index in [4.69, 9.17) is 5.73 Å². The molecule has 36 heavy (non-hydrogen) atoms.